The standard InChI is InChI=1S/C11H6F3N3O4/c12-11(13,14)9-8(10(18)16-5-15-9)21-7-3-1-6(2-4-7)17(19)20/h1-5H,(H,15,16,18). The first-order valence-electron chi connectivity index (χ1n) is 5.36. The van der Waals surface area contributed by atoms with E-state index in [1.165, 1.54) is 0 Å². The van der Waals surface area contributed by atoms with Gasteiger partial charge in [0, 0.05) is 12.1 Å². The largest absolute Gasteiger partial charge is 0.449 e. The first kappa shape index (κ1) is 14.5. The maximum atomic E-state index is 12.7. The fraction of sp³-hybridized carbons (Fsp3) is 0.0909. The van der Waals surface area contributed by atoms with Gasteiger partial charge in [0.05, 0.1) is 11.3 Å². The van der Waals surface area contributed by atoms with Crippen LogP contribution in [0, 0.1) is 10.1 Å². The van der Waals surface area contributed by atoms with Gasteiger partial charge in [0.25, 0.3) is 11.2 Å². The van der Waals surface area contributed by atoms with E-state index in [1.807, 2.05) is 4.98 Å². The van der Waals surface area contributed by atoms with Crippen molar-refractivity contribution in [2.24, 2.45) is 0 Å². The lowest BCUT2D eigenvalue weighted by Crippen LogP contribution is -2.18. The molecule has 0 saturated carbocycles. The van der Waals surface area contributed by atoms with Gasteiger partial charge in [0.2, 0.25) is 5.75 Å². The molecular formula is C11H6F3N3O4. The van der Waals surface area contributed by atoms with Gasteiger partial charge in [0.15, 0.2) is 5.69 Å². The number of aromatic nitrogens is 2. The number of nitro benzene ring substituents is 1. The van der Waals surface area contributed by atoms with E-state index in [9.17, 15) is 28.1 Å². The average molecular weight is 301 g/mol. The third-order valence-corrected chi connectivity index (χ3v) is 2.35. The van der Waals surface area contributed by atoms with Crippen LogP contribution in [0.15, 0.2) is 35.4 Å². The van der Waals surface area contributed by atoms with Crippen LogP contribution in [-0.2, 0) is 6.18 Å². The quantitative estimate of drug-likeness (QED) is 0.693. The minimum Gasteiger partial charge on any atom is -0.449 e. The summed E-state index contributed by atoms with van der Waals surface area (Å²) in [7, 11) is 0. The number of halogens is 3. The topological polar surface area (TPSA) is 98.1 Å². The Morgan fingerprint density at radius 2 is 1.86 bits per heavy atom. The zero-order valence-corrected chi connectivity index (χ0v) is 10.0. The van der Waals surface area contributed by atoms with E-state index in [4.69, 9.17) is 4.74 Å². The summed E-state index contributed by atoms with van der Waals surface area (Å²) in [5.41, 5.74) is -2.86. The third kappa shape index (κ3) is 3.16. The molecule has 10 heteroatoms. The molecule has 21 heavy (non-hydrogen) atoms. The summed E-state index contributed by atoms with van der Waals surface area (Å²) in [6.07, 6.45) is -4.27. The highest BCUT2D eigenvalue weighted by molar-refractivity contribution is 5.39. The monoisotopic (exact) mass is 301 g/mol. The minimum atomic E-state index is -4.87. The molecule has 2 aromatic rings. The van der Waals surface area contributed by atoms with Gasteiger partial charge in [-0.1, -0.05) is 0 Å². The number of benzene rings is 1. The molecule has 110 valence electrons. The van der Waals surface area contributed by atoms with Gasteiger partial charge >= 0.3 is 6.18 Å². The van der Waals surface area contributed by atoms with E-state index in [2.05, 4.69) is 4.98 Å². The molecule has 0 unspecified atom stereocenters. The molecule has 1 aromatic carbocycles. The molecule has 0 aliphatic carbocycles. The van der Waals surface area contributed by atoms with Crippen molar-refractivity contribution < 1.29 is 22.8 Å². The van der Waals surface area contributed by atoms with Gasteiger partial charge in [-0.3, -0.25) is 14.9 Å². The summed E-state index contributed by atoms with van der Waals surface area (Å²) in [5, 5.41) is 10.5. The van der Waals surface area contributed by atoms with Crippen LogP contribution >= 0.6 is 0 Å². The van der Waals surface area contributed by atoms with Gasteiger partial charge < -0.3 is 9.72 Å². The van der Waals surface area contributed by atoms with E-state index < -0.39 is 28.1 Å². The Labute approximate surface area is 114 Å². The lowest BCUT2D eigenvalue weighted by atomic mass is 10.3. The van der Waals surface area contributed by atoms with Crippen molar-refractivity contribution in [3.8, 4) is 11.5 Å². The van der Waals surface area contributed by atoms with Crippen LogP contribution in [0.5, 0.6) is 11.5 Å². The molecule has 0 fully saturated rings. The number of rotatable bonds is 3. The zero-order chi connectivity index (χ0) is 15.6. The maximum Gasteiger partial charge on any atom is 0.437 e. The first-order chi connectivity index (χ1) is 9.79. The Hall–Kier alpha value is -2.91. The number of hydrogen-bond acceptors (Lipinski definition) is 5. The highest BCUT2D eigenvalue weighted by Gasteiger charge is 2.38. The SMILES string of the molecule is O=c1[nH]cnc(C(F)(F)F)c1Oc1ccc([N+](=O)[O-])cc1. The number of hydrogen-bond donors (Lipinski definition) is 1. The predicted molar refractivity (Wildman–Crippen MR) is 63.0 cm³/mol. The van der Waals surface area contributed by atoms with Crippen molar-refractivity contribution in [1.29, 1.82) is 0 Å². The van der Waals surface area contributed by atoms with Gasteiger partial charge in [0.1, 0.15) is 5.75 Å². The van der Waals surface area contributed by atoms with Crippen molar-refractivity contribution in [3.05, 3.63) is 56.8 Å². The highest BCUT2D eigenvalue weighted by atomic mass is 19.4. The highest BCUT2D eigenvalue weighted by Crippen LogP contribution is 2.34. The van der Waals surface area contributed by atoms with Crippen molar-refractivity contribution >= 4 is 5.69 Å². The number of non-ortho nitro benzene ring substituents is 1. The summed E-state index contributed by atoms with van der Waals surface area (Å²) in [6.45, 7) is 0. The molecule has 0 spiro atoms. The molecular weight excluding hydrogens is 295 g/mol. The van der Waals surface area contributed by atoms with Crippen LogP contribution in [0.1, 0.15) is 5.69 Å². The fourth-order valence-electron chi connectivity index (χ4n) is 1.44. The van der Waals surface area contributed by atoms with Crippen LogP contribution < -0.4 is 10.3 Å². The molecule has 2 rings (SSSR count). The third-order valence-electron chi connectivity index (χ3n) is 2.35. The second-order valence-corrected chi connectivity index (χ2v) is 3.76. The molecule has 0 aliphatic rings. The van der Waals surface area contributed by atoms with Crippen molar-refractivity contribution in [2.45, 2.75) is 6.18 Å². The summed E-state index contributed by atoms with van der Waals surface area (Å²) in [6, 6.07) is 4.22. The van der Waals surface area contributed by atoms with E-state index in [1.54, 1.807) is 0 Å². The molecule has 0 amide bonds. The molecule has 1 aromatic heterocycles. The number of H-pyrrole nitrogens is 1. The van der Waals surface area contributed by atoms with Gasteiger partial charge in [-0.2, -0.15) is 13.2 Å². The Bertz CT molecular complexity index is 725. The minimum absolute atomic E-state index is 0.162. The van der Waals surface area contributed by atoms with Crippen LogP contribution in [0.3, 0.4) is 0 Å². The van der Waals surface area contributed by atoms with E-state index in [0.717, 1.165) is 24.3 Å². The van der Waals surface area contributed by atoms with E-state index in [0.29, 0.717) is 6.33 Å². The van der Waals surface area contributed by atoms with Gasteiger partial charge in [-0.05, 0) is 12.1 Å². The van der Waals surface area contributed by atoms with Crippen molar-refractivity contribution in [1.82, 2.24) is 9.97 Å². The molecule has 0 atom stereocenters. The normalized spacial score (nSPS) is 11.2. The predicted octanol–water partition coefficient (Wildman–Crippen LogP) is 2.49. The fourth-order valence-corrected chi connectivity index (χ4v) is 1.44. The number of nitrogens with zero attached hydrogens (tertiary/aromatic N) is 2. The van der Waals surface area contributed by atoms with Crippen LogP contribution in [0.4, 0.5) is 18.9 Å². The number of nitro groups is 1. The molecule has 0 bridgehead atoms. The molecule has 0 aliphatic heterocycles. The Morgan fingerprint density at radius 1 is 1.24 bits per heavy atom. The number of ether oxygens (including phenoxy) is 1. The molecule has 1 heterocycles. The van der Waals surface area contributed by atoms with Crippen molar-refractivity contribution in [3.63, 3.8) is 0 Å². The lowest BCUT2D eigenvalue weighted by molar-refractivity contribution is -0.384. The molecule has 7 nitrogen and oxygen atoms in total. The zero-order valence-electron chi connectivity index (χ0n) is 10.0. The van der Waals surface area contributed by atoms with Crippen LogP contribution in [0.25, 0.3) is 0 Å². The molecule has 1 N–H and O–H groups in total. The van der Waals surface area contributed by atoms with E-state index in [-0.39, 0.29) is 11.4 Å². The van der Waals surface area contributed by atoms with E-state index >= 15 is 0 Å². The first-order valence-corrected chi connectivity index (χ1v) is 5.36. The second kappa shape index (κ2) is 5.23. The summed E-state index contributed by atoms with van der Waals surface area (Å²) in [5.74, 6) is -1.19. The Kier molecular flexibility index (Phi) is 3.61. The number of alkyl halides is 3. The molecule has 0 radical (unpaired) electrons. The van der Waals surface area contributed by atoms with Gasteiger partial charge in [-0.25, -0.2) is 4.98 Å². The van der Waals surface area contributed by atoms with Crippen LogP contribution in [-0.4, -0.2) is 14.9 Å². The smallest absolute Gasteiger partial charge is 0.437 e. The summed E-state index contributed by atoms with van der Waals surface area (Å²) in [4.78, 5) is 26.2. The van der Waals surface area contributed by atoms with Crippen molar-refractivity contribution in [2.75, 3.05) is 0 Å². The Balaban J connectivity index is 2.40. The number of aromatic amines is 1. The summed E-state index contributed by atoms with van der Waals surface area (Å²) < 4.78 is 43.0. The second-order valence-electron chi connectivity index (χ2n) is 3.76. The Morgan fingerprint density at radius 3 is 2.38 bits per heavy atom. The molecule has 0 saturated heterocycles. The summed E-state index contributed by atoms with van der Waals surface area (Å²) >= 11 is 0. The lowest BCUT2D eigenvalue weighted by Gasteiger charge is -2.11. The maximum absolute atomic E-state index is 12.7. The van der Waals surface area contributed by atoms with Crippen LogP contribution in [0.2, 0.25) is 0 Å². The number of nitrogens with one attached hydrogen (secondary N) is 1. The average Bonchev–Trinajstić information content (AvgIpc) is 2.40. The van der Waals surface area contributed by atoms with Gasteiger partial charge in [-0.15, -0.1) is 0 Å².